The molecule has 0 aliphatic heterocycles. The molecule has 12 N–H and O–H groups in total. The zero-order chi connectivity index (χ0) is 51.7. The zero-order valence-corrected chi connectivity index (χ0v) is 40.2. The van der Waals surface area contributed by atoms with Crippen LogP contribution in [0.5, 0.6) is 0 Å². The van der Waals surface area contributed by atoms with Gasteiger partial charge >= 0.3 is 0 Å². The fraction of sp³-hybridized carbons (Fsp3) is 0.200. The summed E-state index contributed by atoms with van der Waals surface area (Å²) < 4.78 is 77.7. The number of nitrogens with zero attached hydrogens (tertiary/aromatic N) is 8. The van der Waals surface area contributed by atoms with Gasteiger partial charge in [0.25, 0.3) is 20.2 Å². The second-order valence-electron chi connectivity index (χ2n) is 14.2. The average Bonchev–Trinajstić information content (AvgIpc) is 3.35. The van der Waals surface area contributed by atoms with Crippen LogP contribution in [0, 0.1) is 0 Å². The van der Waals surface area contributed by atoms with E-state index in [0.29, 0.717) is 38.8 Å². The van der Waals surface area contributed by atoms with E-state index in [9.17, 15) is 46.4 Å². The van der Waals surface area contributed by atoms with Crippen LogP contribution in [0.1, 0.15) is 11.1 Å². The van der Waals surface area contributed by atoms with Crippen molar-refractivity contribution in [1.82, 2.24) is 29.9 Å². The molecule has 4 aromatic carbocycles. The Bertz CT molecular complexity index is 2990. The predicted octanol–water partition coefficient (Wildman–Crippen LogP) is 4.13. The fourth-order valence-corrected chi connectivity index (χ4v) is 8.30. The Labute approximate surface area is 418 Å². The van der Waals surface area contributed by atoms with Gasteiger partial charge in [-0.3, -0.25) is 9.11 Å². The highest BCUT2D eigenvalue weighted by Gasteiger charge is 2.20. The molecular formula is C40H44N12O16S4. The molecule has 0 fully saturated rings. The summed E-state index contributed by atoms with van der Waals surface area (Å²) >= 11 is 1.33. The number of rotatable bonds is 28. The number of nitrogens with one attached hydrogen (secondary N) is 4. The Kier molecular flexibility index (Phi) is 20.1. The Morgan fingerprint density at radius 3 is 1.35 bits per heavy atom. The largest absolute Gasteiger partial charge is 0.395 e. The summed E-state index contributed by atoms with van der Waals surface area (Å²) in [5.41, 5.74) is 1.66. The molecule has 0 aliphatic carbocycles. The average molecular weight is 1080 g/mol. The van der Waals surface area contributed by atoms with Gasteiger partial charge in [0.2, 0.25) is 35.7 Å². The van der Waals surface area contributed by atoms with E-state index >= 15 is 0 Å². The van der Waals surface area contributed by atoms with Gasteiger partial charge in [0.15, 0.2) is 0 Å². The lowest BCUT2D eigenvalue weighted by molar-refractivity contribution is -0.432. The van der Waals surface area contributed by atoms with E-state index in [-0.39, 0.29) is 110 Å². The standard InChI is InChI=1S/C40H44N12O16S4/c53-19-15-51(16-20-54)39-47-35(41-27-7-11-31(12-8-27)69-67-65-57)45-37(49-39)43-29-5-3-25(33(23-29)70-68-66-58)1-2-26-4-6-30(24-34(26)72(62,63)64)44-38-46-36(48-40(50-38)52(17-21-55)18-22-56)42-28-9-13-32(14-10-28)71(59,60)61/h1-14,23-24,53-58H,15-22H2,(H,59,60,61)(H,62,63,64)(H2,41,43,45,47,49)(H2,42,44,46,48,50)/b2-1+. The summed E-state index contributed by atoms with van der Waals surface area (Å²) in [5, 5.41) is 75.6. The maximum absolute atomic E-state index is 12.8. The molecule has 0 amide bonds. The summed E-state index contributed by atoms with van der Waals surface area (Å²) in [4.78, 5) is 29.4. The maximum Gasteiger partial charge on any atom is 0.295 e. The van der Waals surface area contributed by atoms with E-state index in [1.54, 1.807) is 42.5 Å². The zero-order valence-electron chi connectivity index (χ0n) is 36.9. The van der Waals surface area contributed by atoms with E-state index in [1.165, 1.54) is 46.2 Å². The van der Waals surface area contributed by atoms with Crippen molar-refractivity contribution in [3.05, 3.63) is 96.1 Å². The van der Waals surface area contributed by atoms with E-state index in [0.717, 1.165) is 30.2 Å². The third-order valence-corrected chi connectivity index (χ3v) is 12.4. The molecule has 28 nitrogen and oxygen atoms in total. The second-order valence-corrected chi connectivity index (χ2v) is 18.6. The molecule has 2 aromatic heterocycles. The predicted molar refractivity (Wildman–Crippen MR) is 261 cm³/mol. The lowest BCUT2D eigenvalue weighted by Gasteiger charge is -2.21. The summed E-state index contributed by atoms with van der Waals surface area (Å²) in [6, 6.07) is 20.3. The van der Waals surface area contributed by atoms with Gasteiger partial charge in [-0.05, 0) is 83.9 Å². The van der Waals surface area contributed by atoms with E-state index in [2.05, 4.69) is 65.6 Å². The first-order chi connectivity index (χ1) is 34.6. The van der Waals surface area contributed by atoms with E-state index in [1.807, 2.05) is 0 Å². The van der Waals surface area contributed by atoms with Crippen molar-refractivity contribution in [3.63, 3.8) is 0 Å². The monoisotopic (exact) mass is 1080 g/mol. The molecule has 0 unspecified atom stereocenters. The van der Waals surface area contributed by atoms with Crippen LogP contribution in [0.3, 0.4) is 0 Å². The smallest absolute Gasteiger partial charge is 0.295 e. The van der Waals surface area contributed by atoms with E-state index in [4.69, 9.17) is 14.8 Å². The minimum atomic E-state index is -4.91. The van der Waals surface area contributed by atoms with Crippen LogP contribution in [0.4, 0.5) is 58.4 Å². The molecule has 32 heteroatoms. The maximum atomic E-state index is 12.8. The highest BCUT2D eigenvalue weighted by atomic mass is 32.2. The Morgan fingerprint density at radius 1 is 0.500 bits per heavy atom. The van der Waals surface area contributed by atoms with E-state index < -0.39 is 25.1 Å². The topological polar surface area (TPSA) is 399 Å². The van der Waals surface area contributed by atoms with Crippen LogP contribution in [-0.2, 0) is 39.0 Å². The van der Waals surface area contributed by atoms with Crippen LogP contribution in [0.15, 0.2) is 105 Å². The second kappa shape index (κ2) is 26.3. The van der Waals surface area contributed by atoms with Gasteiger partial charge in [-0.25, -0.2) is 10.5 Å². The third-order valence-electron chi connectivity index (χ3n) is 9.39. The van der Waals surface area contributed by atoms with Crippen molar-refractivity contribution in [3.8, 4) is 0 Å². The van der Waals surface area contributed by atoms with Crippen molar-refractivity contribution in [2.75, 3.05) is 83.7 Å². The number of hydrogen-bond donors (Lipinski definition) is 12. The number of hydrogen-bond acceptors (Lipinski definition) is 28. The molecule has 0 saturated heterocycles. The Hall–Kier alpha value is -6.44. The first-order valence-corrected chi connectivity index (χ1v) is 24.9. The van der Waals surface area contributed by atoms with Gasteiger partial charge in [0.1, 0.15) is 4.90 Å². The summed E-state index contributed by atoms with van der Waals surface area (Å²) in [6.45, 7) is -1.13. The van der Waals surface area contributed by atoms with Gasteiger partial charge in [0, 0.05) is 58.7 Å². The van der Waals surface area contributed by atoms with Gasteiger partial charge in [-0.15, -0.1) is 8.67 Å². The fourth-order valence-electron chi connectivity index (χ4n) is 6.24. The first kappa shape index (κ1) is 54.9. The van der Waals surface area contributed by atoms with Crippen LogP contribution in [0.2, 0.25) is 0 Å². The molecule has 6 rings (SSSR count). The number of benzene rings is 4. The summed E-state index contributed by atoms with van der Waals surface area (Å²) in [6.07, 6.45) is 2.86. The van der Waals surface area contributed by atoms with Crippen molar-refractivity contribution in [2.45, 2.75) is 19.6 Å². The molecule has 2 heterocycles. The highest BCUT2D eigenvalue weighted by Crippen LogP contribution is 2.32. The number of aromatic nitrogens is 6. The molecule has 0 saturated carbocycles. The molecular weight excluding hydrogens is 1030 g/mol. The number of aliphatic hydroxyl groups is 4. The molecule has 0 spiro atoms. The molecule has 6 aromatic rings. The molecule has 0 bridgehead atoms. The first-order valence-electron chi connectivity index (χ1n) is 20.6. The van der Waals surface area contributed by atoms with Gasteiger partial charge in [0.05, 0.1) is 55.4 Å². The molecule has 0 atom stereocenters. The normalized spacial score (nSPS) is 11.7. The highest BCUT2D eigenvalue weighted by molar-refractivity contribution is 7.94. The quantitative estimate of drug-likeness (QED) is 0.0108. The van der Waals surface area contributed by atoms with Crippen LogP contribution >= 0.6 is 24.1 Å². The van der Waals surface area contributed by atoms with Crippen LogP contribution in [0.25, 0.3) is 12.2 Å². The lowest BCUT2D eigenvalue weighted by Crippen LogP contribution is -2.31. The van der Waals surface area contributed by atoms with Crippen molar-refractivity contribution >= 4 is 115 Å². The Balaban J connectivity index is 1.29. The Morgan fingerprint density at radius 2 is 0.903 bits per heavy atom. The number of aliphatic hydroxyl groups excluding tert-OH is 4. The van der Waals surface area contributed by atoms with Crippen LogP contribution in [-0.4, -0.2) is 139 Å². The van der Waals surface area contributed by atoms with Gasteiger partial charge in [-0.1, -0.05) is 34.4 Å². The molecule has 72 heavy (non-hydrogen) atoms. The molecule has 0 aliphatic rings. The van der Waals surface area contributed by atoms with Gasteiger partial charge in [-0.2, -0.15) is 46.7 Å². The van der Waals surface area contributed by atoms with Gasteiger partial charge < -0.3 is 51.5 Å². The molecule has 0 radical (unpaired) electrons. The third kappa shape index (κ3) is 16.0. The number of anilines is 10. The lowest BCUT2D eigenvalue weighted by atomic mass is 10.1. The molecule has 384 valence electrons. The minimum absolute atomic E-state index is 0.00673. The summed E-state index contributed by atoms with van der Waals surface area (Å²) in [5.74, 6) is -0.136. The van der Waals surface area contributed by atoms with Crippen molar-refractivity contribution in [1.29, 1.82) is 0 Å². The van der Waals surface area contributed by atoms with Crippen molar-refractivity contribution in [2.24, 2.45) is 0 Å². The van der Waals surface area contributed by atoms with Crippen LogP contribution < -0.4 is 31.1 Å². The SMILES string of the molecule is O=S(=O)(O)c1ccc(Nc2nc(Nc3ccc(/C=C/c4ccc(Nc5nc(Nc6ccc(SOOO)cc6)nc(N(CCO)CCO)n5)cc4SOOO)c(S(=O)(=O)O)c3)nc(N(CCO)CCO)n2)cc1. The summed E-state index contributed by atoms with van der Waals surface area (Å²) in [7, 11) is -9.39. The van der Waals surface area contributed by atoms with Crippen molar-refractivity contribution < 1.29 is 75.6 Å². The minimum Gasteiger partial charge on any atom is -0.395 e.